The van der Waals surface area contributed by atoms with Crippen LogP contribution in [-0.4, -0.2) is 13.2 Å². The van der Waals surface area contributed by atoms with Crippen LogP contribution in [-0.2, 0) is 0 Å². The minimum atomic E-state index is 0.684. The van der Waals surface area contributed by atoms with Crippen LogP contribution in [0, 0.1) is 0 Å². The predicted octanol–water partition coefficient (Wildman–Crippen LogP) is 3.27. The first-order valence-corrected chi connectivity index (χ1v) is 6.14. The van der Waals surface area contributed by atoms with Gasteiger partial charge in [0.25, 0.3) is 0 Å². The average Bonchev–Trinajstić information content (AvgIpc) is 2.92. The van der Waals surface area contributed by atoms with Gasteiger partial charge in [0.1, 0.15) is 13.2 Å². The molecule has 0 radical (unpaired) electrons. The summed E-state index contributed by atoms with van der Waals surface area (Å²) >= 11 is 3.32. The van der Waals surface area contributed by atoms with Crippen molar-refractivity contribution in [1.29, 1.82) is 0 Å². The molecule has 2 aromatic heterocycles. The van der Waals surface area contributed by atoms with Crippen molar-refractivity contribution in [3.05, 3.63) is 33.7 Å². The highest BCUT2D eigenvalue weighted by molar-refractivity contribution is 7.08. The quantitative estimate of drug-likeness (QED) is 0.686. The number of fused-ring (bicyclic) bond motifs is 1. The molecular formula is C10H10O2S2. The summed E-state index contributed by atoms with van der Waals surface area (Å²) in [5, 5.41) is 7.99. The van der Waals surface area contributed by atoms with Gasteiger partial charge in [-0.25, -0.2) is 0 Å². The summed E-state index contributed by atoms with van der Waals surface area (Å²) in [5.74, 6) is 1.79. The third-order valence-electron chi connectivity index (χ3n) is 1.62. The molecule has 14 heavy (non-hydrogen) atoms. The first kappa shape index (κ1) is 9.55. The zero-order chi connectivity index (χ0) is 9.64. The Balaban J connectivity index is 0.000000128. The molecule has 0 fully saturated rings. The Labute approximate surface area is 90.7 Å². The van der Waals surface area contributed by atoms with Crippen molar-refractivity contribution in [1.82, 2.24) is 0 Å². The van der Waals surface area contributed by atoms with Crippen LogP contribution < -0.4 is 9.47 Å². The van der Waals surface area contributed by atoms with Gasteiger partial charge in [-0.2, -0.15) is 11.3 Å². The summed E-state index contributed by atoms with van der Waals surface area (Å²) in [5.41, 5.74) is 0. The lowest BCUT2D eigenvalue weighted by Gasteiger charge is -2.13. The zero-order valence-electron chi connectivity index (χ0n) is 7.51. The maximum atomic E-state index is 5.25. The number of thiophene rings is 2. The van der Waals surface area contributed by atoms with Gasteiger partial charge in [0.15, 0.2) is 11.5 Å². The minimum absolute atomic E-state index is 0.684. The van der Waals surface area contributed by atoms with Crippen LogP contribution in [0.2, 0.25) is 0 Å². The molecule has 3 rings (SSSR count). The Morgan fingerprint density at radius 1 is 0.857 bits per heavy atom. The summed E-state index contributed by atoms with van der Waals surface area (Å²) < 4.78 is 10.5. The molecule has 0 saturated carbocycles. The Morgan fingerprint density at radius 2 is 1.43 bits per heavy atom. The highest BCUT2D eigenvalue weighted by Gasteiger charge is 2.10. The fourth-order valence-corrected chi connectivity index (χ4v) is 2.15. The van der Waals surface area contributed by atoms with Gasteiger partial charge in [-0.15, -0.1) is 11.3 Å². The average molecular weight is 226 g/mol. The van der Waals surface area contributed by atoms with Gasteiger partial charge in [0.05, 0.1) is 0 Å². The van der Waals surface area contributed by atoms with Crippen LogP contribution in [0.4, 0.5) is 0 Å². The van der Waals surface area contributed by atoms with E-state index in [1.165, 1.54) is 0 Å². The zero-order valence-corrected chi connectivity index (χ0v) is 9.14. The van der Waals surface area contributed by atoms with Crippen LogP contribution in [0.15, 0.2) is 33.7 Å². The second-order valence-corrected chi connectivity index (χ2v) is 4.15. The Hall–Kier alpha value is -1.00. The molecule has 74 valence electrons. The van der Waals surface area contributed by atoms with E-state index in [4.69, 9.17) is 9.47 Å². The van der Waals surface area contributed by atoms with Crippen molar-refractivity contribution >= 4 is 22.7 Å². The molecule has 1 aliphatic heterocycles. The van der Waals surface area contributed by atoms with E-state index in [0.29, 0.717) is 13.2 Å². The smallest absolute Gasteiger partial charge is 0.172 e. The van der Waals surface area contributed by atoms with Gasteiger partial charge in [-0.3, -0.25) is 0 Å². The van der Waals surface area contributed by atoms with Gasteiger partial charge in [0.2, 0.25) is 0 Å². The molecule has 0 atom stereocenters. The van der Waals surface area contributed by atoms with E-state index in [0.717, 1.165) is 11.5 Å². The van der Waals surface area contributed by atoms with Gasteiger partial charge >= 0.3 is 0 Å². The van der Waals surface area contributed by atoms with Crippen molar-refractivity contribution < 1.29 is 9.47 Å². The van der Waals surface area contributed by atoms with Crippen LogP contribution >= 0.6 is 22.7 Å². The fourth-order valence-electron chi connectivity index (χ4n) is 1.01. The maximum Gasteiger partial charge on any atom is 0.172 e. The first-order valence-electron chi connectivity index (χ1n) is 4.26. The van der Waals surface area contributed by atoms with E-state index in [2.05, 4.69) is 0 Å². The molecule has 1 aliphatic rings. The molecule has 4 heteroatoms. The Bertz CT molecular complexity index is 316. The second kappa shape index (κ2) is 5.02. The Morgan fingerprint density at radius 3 is 1.86 bits per heavy atom. The number of hydrogen-bond donors (Lipinski definition) is 0. The van der Waals surface area contributed by atoms with Crippen LogP contribution in [0.5, 0.6) is 11.5 Å². The molecule has 3 heterocycles. The highest BCUT2D eigenvalue weighted by Crippen LogP contribution is 2.33. The molecule has 2 nitrogen and oxygen atoms in total. The summed E-state index contributed by atoms with van der Waals surface area (Å²) in [6, 6.07) is 4.04. The van der Waals surface area contributed by atoms with E-state index >= 15 is 0 Å². The van der Waals surface area contributed by atoms with Crippen molar-refractivity contribution in [2.45, 2.75) is 0 Å². The van der Waals surface area contributed by atoms with Gasteiger partial charge in [-0.1, -0.05) is 12.1 Å². The molecule has 0 amide bonds. The van der Waals surface area contributed by atoms with E-state index in [-0.39, 0.29) is 0 Å². The maximum absolute atomic E-state index is 5.25. The lowest BCUT2D eigenvalue weighted by atomic mass is 10.5. The summed E-state index contributed by atoms with van der Waals surface area (Å²) in [7, 11) is 0. The molecule has 0 unspecified atom stereocenters. The third-order valence-corrected chi connectivity index (χ3v) is 2.95. The minimum Gasteiger partial charge on any atom is -0.485 e. The molecule has 0 N–H and O–H groups in total. The Kier molecular flexibility index (Phi) is 3.43. The van der Waals surface area contributed by atoms with Gasteiger partial charge < -0.3 is 9.47 Å². The first-order chi connectivity index (χ1) is 6.97. The third kappa shape index (κ3) is 2.49. The standard InChI is InChI=1S/C6H6O2S.C4H4S/c1-2-8-6-4-9-3-5(6)7-1;1-2-4-5-3-1/h3-4H,1-2H2;1-4H. The molecule has 0 spiro atoms. The van der Waals surface area contributed by atoms with Crippen LogP contribution in [0.1, 0.15) is 0 Å². The molecule has 0 saturated heterocycles. The fraction of sp³-hybridized carbons (Fsp3) is 0.200. The number of rotatable bonds is 0. The van der Waals surface area contributed by atoms with E-state index in [1.54, 1.807) is 22.7 Å². The largest absolute Gasteiger partial charge is 0.485 e. The van der Waals surface area contributed by atoms with Crippen LogP contribution in [0.3, 0.4) is 0 Å². The molecule has 2 aromatic rings. The number of hydrogen-bond acceptors (Lipinski definition) is 4. The highest BCUT2D eigenvalue weighted by atomic mass is 32.1. The predicted molar refractivity (Wildman–Crippen MR) is 59.6 cm³/mol. The molecule has 0 aliphatic carbocycles. The second-order valence-electron chi connectivity index (χ2n) is 2.59. The monoisotopic (exact) mass is 226 g/mol. The molecular weight excluding hydrogens is 216 g/mol. The number of ether oxygens (including phenoxy) is 2. The summed E-state index contributed by atoms with van der Waals surface area (Å²) in [6.07, 6.45) is 0. The van der Waals surface area contributed by atoms with E-state index < -0.39 is 0 Å². The van der Waals surface area contributed by atoms with Crippen molar-refractivity contribution in [3.63, 3.8) is 0 Å². The summed E-state index contributed by atoms with van der Waals surface area (Å²) in [4.78, 5) is 0. The molecule has 0 bridgehead atoms. The van der Waals surface area contributed by atoms with Crippen molar-refractivity contribution in [3.8, 4) is 11.5 Å². The lowest BCUT2D eigenvalue weighted by molar-refractivity contribution is 0.173. The SMILES string of the molecule is c1ccsc1.c1scc2c1OCCO2. The van der Waals surface area contributed by atoms with Gasteiger partial charge in [0, 0.05) is 10.8 Å². The molecule has 0 aromatic carbocycles. The topological polar surface area (TPSA) is 18.5 Å². The van der Waals surface area contributed by atoms with Crippen LogP contribution in [0.25, 0.3) is 0 Å². The van der Waals surface area contributed by atoms with Gasteiger partial charge in [-0.05, 0) is 10.8 Å². The normalized spacial score (nSPS) is 12.9. The van der Waals surface area contributed by atoms with E-state index in [1.807, 2.05) is 33.7 Å². The lowest BCUT2D eigenvalue weighted by Crippen LogP contribution is -2.13. The van der Waals surface area contributed by atoms with Crippen molar-refractivity contribution in [2.24, 2.45) is 0 Å². The van der Waals surface area contributed by atoms with E-state index in [9.17, 15) is 0 Å². The summed E-state index contributed by atoms with van der Waals surface area (Å²) in [6.45, 7) is 1.37. The van der Waals surface area contributed by atoms with Crippen molar-refractivity contribution in [2.75, 3.05) is 13.2 Å².